The lowest BCUT2D eigenvalue weighted by Gasteiger charge is -2.03. The first-order valence-electron chi connectivity index (χ1n) is 12.1. The lowest BCUT2D eigenvalue weighted by molar-refractivity contribution is -0.139. The van der Waals surface area contributed by atoms with Gasteiger partial charge < -0.3 is 26.8 Å². The Hall–Kier alpha value is -2.22. The van der Waals surface area contributed by atoms with Crippen molar-refractivity contribution in [3.63, 3.8) is 0 Å². The summed E-state index contributed by atoms with van der Waals surface area (Å²) in [7, 11) is 0. The van der Waals surface area contributed by atoms with Crippen LogP contribution in [-0.4, -0.2) is 45.9 Å². The minimum absolute atomic E-state index is 0.242. The van der Waals surface area contributed by atoms with Crippen molar-refractivity contribution in [2.45, 2.75) is 96.1 Å². The first-order chi connectivity index (χ1) is 15.8. The molecule has 7 nitrogen and oxygen atoms in total. The van der Waals surface area contributed by atoms with Gasteiger partial charge in [0.05, 0.1) is 6.10 Å². The van der Waals surface area contributed by atoms with Crippen LogP contribution in [0.25, 0.3) is 0 Å². The van der Waals surface area contributed by atoms with Gasteiger partial charge in [-0.1, -0.05) is 81.2 Å². The van der Waals surface area contributed by atoms with Crippen molar-refractivity contribution in [2.75, 3.05) is 6.54 Å². The number of aliphatic hydroxyl groups excluding tert-OH is 1. The average Bonchev–Trinajstić information content (AvgIpc) is 2.77. The summed E-state index contributed by atoms with van der Waals surface area (Å²) in [5, 5.41) is 26.5. The van der Waals surface area contributed by atoms with Crippen LogP contribution in [0.5, 0.6) is 0 Å². The summed E-state index contributed by atoms with van der Waals surface area (Å²) in [6.07, 6.45) is 25.7. The molecular formula is C26H46N2O5. The number of nitrogens with two attached hydrogens (primary N) is 2. The Morgan fingerprint density at radius 2 is 1.48 bits per heavy atom. The standard InChI is InChI=1S/C20H32O3.C6H14N2O2/c1-2-3-13-16-19(21)17-14-11-9-7-5-4-6-8-10-12-15-18-20(22)23;7-4-2-1-3-5(8)6(9)10/h4-5,8-11,14,17,19,21H,2-3,6-7,12-13,15-16,18H2,1H3,(H,22,23);5H,1-4,7-8H2,(H,9,10). The van der Waals surface area contributed by atoms with Gasteiger partial charge in [0.2, 0.25) is 0 Å². The van der Waals surface area contributed by atoms with Crippen LogP contribution < -0.4 is 11.5 Å². The first kappa shape index (κ1) is 33.0. The molecule has 2 unspecified atom stereocenters. The van der Waals surface area contributed by atoms with Gasteiger partial charge in [-0.3, -0.25) is 9.59 Å². The zero-order chi connectivity index (χ0) is 25.2. The van der Waals surface area contributed by atoms with Gasteiger partial charge in [0, 0.05) is 6.42 Å². The number of unbranched alkanes of at least 4 members (excludes halogenated alkanes) is 4. The molecule has 0 aliphatic rings. The fourth-order valence-electron chi connectivity index (χ4n) is 2.62. The SMILES string of the molecule is CCCCCC(O)C=CC=CCC=CCC=CCCCC(=O)O.NCCCCC(N)C(=O)O. The van der Waals surface area contributed by atoms with Crippen molar-refractivity contribution in [1.82, 2.24) is 0 Å². The van der Waals surface area contributed by atoms with E-state index in [0.29, 0.717) is 19.4 Å². The van der Waals surface area contributed by atoms with Gasteiger partial charge in [-0.15, -0.1) is 0 Å². The molecule has 0 amide bonds. The molecule has 0 aliphatic heterocycles. The lowest BCUT2D eigenvalue weighted by Crippen LogP contribution is -2.29. The summed E-state index contributed by atoms with van der Waals surface area (Å²) in [6, 6.07) is -0.716. The van der Waals surface area contributed by atoms with Crippen molar-refractivity contribution >= 4 is 11.9 Å². The number of hydrogen-bond donors (Lipinski definition) is 5. The van der Waals surface area contributed by atoms with Gasteiger partial charge in [-0.05, 0) is 51.5 Å². The van der Waals surface area contributed by atoms with Crippen LogP contribution in [0.15, 0.2) is 48.6 Å². The van der Waals surface area contributed by atoms with Crippen molar-refractivity contribution in [1.29, 1.82) is 0 Å². The highest BCUT2D eigenvalue weighted by atomic mass is 16.4. The Morgan fingerprint density at radius 1 is 0.848 bits per heavy atom. The predicted octanol–water partition coefficient (Wildman–Crippen LogP) is 4.71. The largest absolute Gasteiger partial charge is 0.481 e. The molecule has 7 heteroatoms. The summed E-state index contributed by atoms with van der Waals surface area (Å²) < 4.78 is 0. The van der Waals surface area contributed by atoms with Crippen LogP contribution in [0.3, 0.4) is 0 Å². The van der Waals surface area contributed by atoms with Crippen LogP contribution in [-0.2, 0) is 9.59 Å². The highest BCUT2D eigenvalue weighted by Crippen LogP contribution is 2.04. The molecular weight excluding hydrogens is 420 g/mol. The molecule has 0 saturated carbocycles. The minimum Gasteiger partial charge on any atom is -0.481 e. The normalized spacial score (nSPS) is 13.6. The van der Waals surface area contributed by atoms with Crippen molar-refractivity contribution < 1.29 is 24.9 Å². The average molecular weight is 467 g/mol. The van der Waals surface area contributed by atoms with Gasteiger partial charge in [-0.2, -0.15) is 0 Å². The van der Waals surface area contributed by atoms with Gasteiger partial charge >= 0.3 is 11.9 Å². The first-order valence-corrected chi connectivity index (χ1v) is 12.1. The number of aliphatic hydroxyl groups is 1. The zero-order valence-electron chi connectivity index (χ0n) is 20.3. The number of aliphatic carboxylic acids is 2. The third-order valence-corrected chi connectivity index (χ3v) is 4.61. The maximum atomic E-state index is 10.3. The van der Waals surface area contributed by atoms with E-state index in [1.54, 1.807) is 0 Å². The van der Waals surface area contributed by atoms with Crippen molar-refractivity contribution in [3.05, 3.63) is 48.6 Å². The summed E-state index contributed by atoms with van der Waals surface area (Å²) >= 11 is 0. The highest BCUT2D eigenvalue weighted by Gasteiger charge is 2.09. The third kappa shape index (κ3) is 29.8. The Balaban J connectivity index is 0. The molecule has 7 N–H and O–H groups in total. The van der Waals surface area contributed by atoms with Gasteiger partial charge in [-0.25, -0.2) is 0 Å². The van der Waals surface area contributed by atoms with E-state index in [0.717, 1.165) is 44.9 Å². The van der Waals surface area contributed by atoms with E-state index in [4.69, 9.17) is 21.7 Å². The fraction of sp³-hybridized carbons (Fsp3) is 0.615. The zero-order valence-corrected chi connectivity index (χ0v) is 20.3. The Kier molecular flexibility index (Phi) is 26.0. The third-order valence-electron chi connectivity index (χ3n) is 4.61. The van der Waals surface area contributed by atoms with E-state index < -0.39 is 18.0 Å². The molecule has 2 atom stereocenters. The maximum absolute atomic E-state index is 10.3. The van der Waals surface area contributed by atoms with Crippen LogP contribution in [0.2, 0.25) is 0 Å². The van der Waals surface area contributed by atoms with Crippen LogP contribution >= 0.6 is 0 Å². The molecule has 190 valence electrons. The van der Waals surface area contributed by atoms with Gasteiger partial charge in [0.1, 0.15) is 6.04 Å². The topological polar surface area (TPSA) is 147 Å². The number of carbonyl (C=O) groups is 2. The number of allylic oxidation sites excluding steroid dienone is 7. The molecule has 0 bridgehead atoms. The van der Waals surface area contributed by atoms with Crippen LogP contribution in [0, 0.1) is 0 Å². The fourth-order valence-corrected chi connectivity index (χ4v) is 2.62. The number of rotatable bonds is 19. The molecule has 0 radical (unpaired) electrons. The second-order valence-corrected chi connectivity index (χ2v) is 7.81. The van der Waals surface area contributed by atoms with E-state index >= 15 is 0 Å². The predicted molar refractivity (Wildman–Crippen MR) is 136 cm³/mol. The molecule has 0 aromatic rings. The molecule has 0 fully saturated rings. The van der Waals surface area contributed by atoms with Crippen molar-refractivity contribution in [2.24, 2.45) is 11.5 Å². The number of hydrogen-bond acceptors (Lipinski definition) is 5. The molecule has 0 rings (SSSR count). The molecule has 0 spiro atoms. The Morgan fingerprint density at radius 3 is 2.09 bits per heavy atom. The van der Waals surface area contributed by atoms with Crippen LogP contribution in [0.1, 0.15) is 84.0 Å². The number of carboxylic acid groups (broad SMARTS) is 2. The van der Waals surface area contributed by atoms with E-state index in [-0.39, 0.29) is 12.5 Å². The lowest BCUT2D eigenvalue weighted by atomic mass is 10.1. The minimum atomic E-state index is -0.933. The summed E-state index contributed by atoms with van der Waals surface area (Å²) in [5.74, 6) is -1.66. The second kappa shape index (κ2) is 26.0. The van der Waals surface area contributed by atoms with E-state index in [1.807, 2.05) is 24.3 Å². The van der Waals surface area contributed by atoms with Gasteiger partial charge in [0.15, 0.2) is 0 Å². The smallest absolute Gasteiger partial charge is 0.320 e. The van der Waals surface area contributed by atoms with E-state index in [9.17, 15) is 14.7 Å². The number of carboxylic acids is 2. The summed E-state index contributed by atoms with van der Waals surface area (Å²) in [5.41, 5.74) is 10.4. The maximum Gasteiger partial charge on any atom is 0.320 e. The summed E-state index contributed by atoms with van der Waals surface area (Å²) in [6.45, 7) is 2.76. The monoisotopic (exact) mass is 466 g/mol. The molecule has 0 heterocycles. The summed E-state index contributed by atoms with van der Waals surface area (Å²) in [4.78, 5) is 20.5. The van der Waals surface area contributed by atoms with Crippen molar-refractivity contribution in [3.8, 4) is 0 Å². The Labute approximate surface area is 199 Å². The van der Waals surface area contributed by atoms with Crippen LogP contribution in [0.4, 0.5) is 0 Å². The van der Waals surface area contributed by atoms with E-state index in [2.05, 4.69) is 31.2 Å². The molecule has 0 aromatic carbocycles. The molecule has 0 aromatic heterocycles. The molecule has 0 aliphatic carbocycles. The molecule has 0 saturated heterocycles. The quantitative estimate of drug-likeness (QED) is 0.105. The molecule has 33 heavy (non-hydrogen) atoms. The Bertz CT molecular complexity index is 585. The van der Waals surface area contributed by atoms with Gasteiger partial charge in [0.25, 0.3) is 0 Å². The highest BCUT2D eigenvalue weighted by molar-refractivity contribution is 5.72. The second-order valence-electron chi connectivity index (χ2n) is 7.81. The van der Waals surface area contributed by atoms with E-state index in [1.165, 1.54) is 12.8 Å².